The van der Waals surface area contributed by atoms with Crippen LogP contribution in [0.5, 0.6) is 5.75 Å². The van der Waals surface area contributed by atoms with Crippen molar-refractivity contribution in [3.8, 4) is 5.75 Å². The van der Waals surface area contributed by atoms with Gasteiger partial charge in [-0.2, -0.15) is 0 Å². The van der Waals surface area contributed by atoms with Gasteiger partial charge >= 0.3 is 0 Å². The smallest absolute Gasteiger partial charge is 0.263 e. The van der Waals surface area contributed by atoms with Gasteiger partial charge in [0.15, 0.2) is 0 Å². The summed E-state index contributed by atoms with van der Waals surface area (Å²) in [6.45, 7) is 1.82. The second-order valence-corrected chi connectivity index (χ2v) is 6.44. The maximum absolute atomic E-state index is 13.0. The first-order valence-corrected chi connectivity index (χ1v) is 7.82. The van der Waals surface area contributed by atoms with Crippen molar-refractivity contribution in [2.75, 3.05) is 11.8 Å². The Bertz CT molecular complexity index is 778. The molecular weight excluding hydrogens is 317 g/mol. The van der Waals surface area contributed by atoms with E-state index in [0.29, 0.717) is 5.75 Å². The summed E-state index contributed by atoms with van der Waals surface area (Å²) >= 11 is 5.79. The standard InChI is InChI=1S/C14H13ClFNO3S/c1-9-3-5-13(20-2)12(7-9)17-21(18,19)14-6-4-10(16)8-11(14)15/h3-8,17H,1-2H3. The van der Waals surface area contributed by atoms with Crippen LogP contribution in [0.25, 0.3) is 0 Å². The van der Waals surface area contributed by atoms with Crippen molar-refractivity contribution in [2.45, 2.75) is 11.8 Å². The fraction of sp³-hybridized carbons (Fsp3) is 0.143. The molecule has 0 unspecified atom stereocenters. The van der Waals surface area contributed by atoms with E-state index in [9.17, 15) is 12.8 Å². The number of sulfonamides is 1. The van der Waals surface area contributed by atoms with Crippen LogP contribution in [0.4, 0.5) is 10.1 Å². The van der Waals surface area contributed by atoms with E-state index in [1.165, 1.54) is 7.11 Å². The highest BCUT2D eigenvalue weighted by Crippen LogP contribution is 2.30. The Kier molecular flexibility index (Phi) is 4.39. The summed E-state index contributed by atoms with van der Waals surface area (Å²) in [5.41, 5.74) is 1.15. The molecule has 0 saturated carbocycles. The van der Waals surface area contributed by atoms with Gasteiger partial charge in [0, 0.05) is 0 Å². The Morgan fingerprint density at radius 3 is 2.52 bits per heavy atom. The molecule has 0 aliphatic rings. The summed E-state index contributed by atoms with van der Waals surface area (Å²) < 4.78 is 45.2. The highest BCUT2D eigenvalue weighted by atomic mass is 35.5. The average Bonchev–Trinajstić information content (AvgIpc) is 2.37. The molecule has 0 aromatic heterocycles. The van der Waals surface area contributed by atoms with Gasteiger partial charge < -0.3 is 4.74 Å². The molecule has 2 aromatic rings. The molecule has 0 atom stereocenters. The Hall–Kier alpha value is -1.79. The summed E-state index contributed by atoms with van der Waals surface area (Å²) in [6.07, 6.45) is 0. The van der Waals surface area contributed by atoms with Crippen molar-refractivity contribution in [3.05, 3.63) is 52.8 Å². The SMILES string of the molecule is COc1ccc(C)cc1NS(=O)(=O)c1ccc(F)cc1Cl. The van der Waals surface area contributed by atoms with Gasteiger partial charge in [-0.05, 0) is 42.8 Å². The molecule has 0 fully saturated rings. The van der Waals surface area contributed by atoms with E-state index in [2.05, 4.69) is 4.72 Å². The fourth-order valence-corrected chi connectivity index (χ4v) is 3.39. The second-order valence-electron chi connectivity index (χ2n) is 4.38. The van der Waals surface area contributed by atoms with Crippen LogP contribution in [0.15, 0.2) is 41.3 Å². The zero-order valence-corrected chi connectivity index (χ0v) is 12.9. The van der Waals surface area contributed by atoms with Gasteiger partial charge in [0.2, 0.25) is 0 Å². The minimum Gasteiger partial charge on any atom is -0.495 e. The molecular formula is C14H13ClFNO3S. The molecule has 21 heavy (non-hydrogen) atoms. The predicted octanol–water partition coefficient (Wildman–Crippen LogP) is 3.60. The lowest BCUT2D eigenvalue weighted by atomic mass is 10.2. The normalized spacial score (nSPS) is 11.2. The van der Waals surface area contributed by atoms with E-state index in [0.717, 1.165) is 23.8 Å². The van der Waals surface area contributed by atoms with Crippen molar-refractivity contribution < 1.29 is 17.5 Å². The van der Waals surface area contributed by atoms with Gasteiger partial charge in [0.25, 0.3) is 10.0 Å². The fourth-order valence-electron chi connectivity index (χ4n) is 1.79. The average molecular weight is 330 g/mol. The van der Waals surface area contributed by atoms with Gasteiger partial charge in [0.1, 0.15) is 16.5 Å². The van der Waals surface area contributed by atoms with Crippen LogP contribution < -0.4 is 9.46 Å². The largest absolute Gasteiger partial charge is 0.495 e. The van der Waals surface area contributed by atoms with Crippen molar-refractivity contribution in [1.29, 1.82) is 0 Å². The Morgan fingerprint density at radius 2 is 1.90 bits per heavy atom. The number of benzene rings is 2. The van der Waals surface area contributed by atoms with Crippen LogP contribution in [0.2, 0.25) is 5.02 Å². The van der Waals surface area contributed by atoms with Gasteiger partial charge in [0.05, 0.1) is 17.8 Å². The molecule has 1 N–H and O–H groups in total. The van der Waals surface area contributed by atoms with E-state index in [-0.39, 0.29) is 15.6 Å². The number of hydrogen-bond acceptors (Lipinski definition) is 3. The number of nitrogens with one attached hydrogen (secondary N) is 1. The first-order valence-electron chi connectivity index (χ1n) is 5.96. The third-order valence-corrected chi connectivity index (χ3v) is 4.63. The van der Waals surface area contributed by atoms with E-state index in [1.807, 2.05) is 6.92 Å². The van der Waals surface area contributed by atoms with Gasteiger partial charge in [-0.15, -0.1) is 0 Å². The molecule has 0 aliphatic carbocycles. The quantitative estimate of drug-likeness (QED) is 0.932. The zero-order chi connectivity index (χ0) is 15.6. The Balaban J connectivity index is 2.44. The van der Waals surface area contributed by atoms with Crippen molar-refractivity contribution in [3.63, 3.8) is 0 Å². The third-order valence-electron chi connectivity index (χ3n) is 2.78. The van der Waals surface area contributed by atoms with Gasteiger partial charge in [-0.25, -0.2) is 12.8 Å². The van der Waals surface area contributed by atoms with Crippen molar-refractivity contribution in [2.24, 2.45) is 0 Å². The number of rotatable bonds is 4. The molecule has 112 valence electrons. The molecule has 0 saturated heterocycles. The van der Waals surface area contributed by atoms with Crippen LogP contribution >= 0.6 is 11.6 Å². The van der Waals surface area contributed by atoms with E-state index >= 15 is 0 Å². The Labute approximate surface area is 127 Å². The molecule has 0 amide bonds. The molecule has 0 radical (unpaired) electrons. The molecule has 0 heterocycles. The number of methoxy groups -OCH3 is 1. The predicted molar refractivity (Wildman–Crippen MR) is 79.9 cm³/mol. The highest BCUT2D eigenvalue weighted by molar-refractivity contribution is 7.92. The summed E-state index contributed by atoms with van der Waals surface area (Å²) in [4.78, 5) is -0.200. The molecule has 7 heteroatoms. The first-order chi connectivity index (χ1) is 9.83. The van der Waals surface area contributed by atoms with Gasteiger partial charge in [-0.3, -0.25) is 4.72 Å². The van der Waals surface area contributed by atoms with Crippen LogP contribution in [0.3, 0.4) is 0 Å². The van der Waals surface area contributed by atoms with Gasteiger partial charge in [-0.1, -0.05) is 17.7 Å². The number of aryl methyl sites for hydroxylation is 1. The van der Waals surface area contributed by atoms with Crippen LogP contribution in [0, 0.1) is 12.7 Å². The molecule has 4 nitrogen and oxygen atoms in total. The zero-order valence-electron chi connectivity index (χ0n) is 11.4. The lowest BCUT2D eigenvalue weighted by Crippen LogP contribution is -2.14. The van der Waals surface area contributed by atoms with Crippen LogP contribution in [0.1, 0.15) is 5.56 Å². The van der Waals surface area contributed by atoms with Crippen LogP contribution in [-0.2, 0) is 10.0 Å². The van der Waals surface area contributed by atoms with Crippen molar-refractivity contribution >= 4 is 27.3 Å². The molecule has 2 aromatic carbocycles. The summed E-state index contributed by atoms with van der Waals surface area (Å²) in [5, 5.41) is -0.186. The summed E-state index contributed by atoms with van der Waals surface area (Å²) in [5.74, 6) is -0.227. The Morgan fingerprint density at radius 1 is 1.19 bits per heavy atom. The lowest BCUT2D eigenvalue weighted by Gasteiger charge is -2.13. The highest BCUT2D eigenvalue weighted by Gasteiger charge is 2.20. The second kappa shape index (κ2) is 5.91. The minimum absolute atomic E-state index is 0.186. The lowest BCUT2D eigenvalue weighted by molar-refractivity contribution is 0.417. The summed E-state index contributed by atoms with van der Waals surface area (Å²) in [7, 11) is -2.50. The monoisotopic (exact) mass is 329 g/mol. The number of ether oxygens (including phenoxy) is 1. The number of anilines is 1. The maximum atomic E-state index is 13.0. The molecule has 0 spiro atoms. The first kappa shape index (κ1) is 15.6. The third kappa shape index (κ3) is 3.46. The minimum atomic E-state index is -3.94. The maximum Gasteiger partial charge on any atom is 0.263 e. The molecule has 0 aliphatic heterocycles. The summed E-state index contributed by atoms with van der Waals surface area (Å²) in [6, 6.07) is 8.18. The van der Waals surface area contributed by atoms with Crippen LogP contribution in [-0.4, -0.2) is 15.5 Å². The van der Waals surface area contributed by atoms with E-state index < -0.39 is 15.8 Å². The van der Waals surface area contributed by atoms with E-state index in [1.54, 1.807) is 18.2 Å². The number of halogens is 2. The number of hydrogen-bond donors (Lipinski definition) is 1. The molecule has 2 rings (SSSR count). The molecule has 0 bridgehead atoms. The van der Waals surface area contributed by atoms with Crippen molar-refractivity contribution in [1.82, 2.24) is 0 Å². The van der Waals surface area contributed by atoms with E-state index in [4.69, 9.17) is 16.3 Å². The topological polar surface area (TPSA) is 55.4 Å².